The Hall–Kier alpha value is -2.84. The van der Waals surface area contributed by atoms with E-state index in [1.165, 1.54) is 12.1 Å². The Bertz CT molecular complexity index is 899. The number of nitro benzene ring substituents is 2. The first-order valence-corrected chi connectivity index (χ1v) is 8.89. The highest BCUT2D eigenvalue weighted by Crippen LogP contribution is 2.42. The van der Waals surface area contributed by atoms with Gasteiger partial charge in [-0.3, -0.25) is 25.1 Å². The summed E-state index contributed by atoms with van der Waals surface area (Å²) >= 11 is 0. The van der Waals surface area contributed by atoms with Crippen LogP contribution >= 0.6 is 0 Å². The summed E-state index contributed by atoms with van der Waals surface area (Å²) in [5.41, 5.74) is 3.23. The smallest absolute Gasteiger partial charge is 0.269 e. The molecule has 1 fully saturated rings. The van der Waals surface area contributed by atoms with Crippen LogP contribution in [0.4, 0.5) is 11.4 Å². The van der Waals surface area contributed by atoms with Gasteiger partial charge in [-0.05, 0) is 23.7 Å². The monoisotopic (exact) mass is 368 g/mol. The number of benzene rings is 2. The van der Waals surface area contributed by atoms with Crippen LogP contribution in [-0.4, -0.2) is 52.9 Å². The summed E-state index contributed by atoms with van der Waals surface area (Å²) in [5.74, 6) is 0.0428. The molecule has 2 atom stereocenters. The van der Waals surface area contributed by atoms with Gasteiger partial charge in [0, 0.05) is 62.4 Å². The third-order valence-electron chi connectivity index (χ3n) is 5.63. The molecule has 0 radical (unpaired) electrons. The average molecular weight is 368 g/mol. The molecule has 0 unspecified atom stereocenters. The number of nitro groups is 2. The van der Waals surface area contributed by atoms with Crippen LogP contribution in [0.3, 0.4) is 0 Å². The predicted octanol–water partition coefficient (Wildman–Crippen LogP) is 2.94. The Morgan fingerprint density at radius 2 is 1.56 bits per heavy atom. The zero-order valence-electron chi connectivity index (χ0n) is 14.9. The van der Waals surface area contributed by atoms with Crippen molar-refractivity contribution >= 4 is 11.4 Å². The van der Waals surface area contributed by atoms with E-state index in [1.54, 1.807) is 24.3 Å². The van der Waals surface area contributed by atoms with Gasteiger partial charge in [0.05, 0.1) is 9.85 Å². The summed E-state index contributed by atoms with van der Waals surface area (Å²) in [6, 6.07) is 11.9. The first-order valence-electron chi connectivity index (χ1n) is 8.89. The van der Waals surface area contributed by atoms with Crippen LogP contribution in [0.25, 0.3) is 0 Å². The summed E-state index contributed by atoms with van der Waals surface area (Å²) in [4.78, 5) is 26.1. The Kier molecular flexibility index (Phi) is 4.37. The number of rotatable bonds is 3. The van der Waals surface area contributed by atoms with Crippen molar-refractivity contribution < 1.29 is 9.85 Å². The SMILES string of the molecule is CN1CCN2C[C@@H](c3ccc([N+](=O)[O-])cc3)c3ccc([N+](=O)[O-])cc3[C@H]2C1. The fourth-order valence-corrected chi connectivity index (χ4v) is 4.20. The minimum absolute atomic E-state index is 0.0428. The molecule has 0 aromatic heterocycles. The van der Waals surface area contributed by atoms with E-state index in [0.29, 0.717) is 0 Å². The Morgan fingerprint density at radius 1 is 0.889 bits per heavy atom. The first-order chi connectivity index (χ1) is 12.9. The van der Waals surface area contributed by atoms with Crippen LogP contribution in [0.2, 0.25) is 0 Å². The van der Waals surface area contributed by atoms with E-state index < -0.39 is 4.92 Å². The number of piperazine rings is 1. The van der Waals surface area contributed by atoms with Crippen molar-refractivity contribution in [2.75, 3.05) is 33.2 Å². The van der Waals surface area contributed by atoms with Gasteiger partial charge in [-0.15, -0.1) is 0 Å². The highest BCUT2D eigenvalue weighted by molar-refractivity contribution is 5.49. The van der Waals surface area contributed by atoms with Crippen LogP contribution in [0.1, 0.15) is 28.7 Å². The van der Waals surface area contributed by atoms with Gasteiger partial charge < -0.3 is 4.90 Å². The molecular weight excluding hydrogens is 348 g/mol. The van der Waals surface area contributed by atoms with Crippen molar-refractivity contribution in [2.24, 2.45) is 0 Å². The molecule has 27 heavy (non-hydrogen) atoms. The van der Waals surface area contributed by atoms with E-state index in [0.717, 1.165) is 42.9 Å². The third-order valence-corrected chi connectivity index (χ3v) is 5.63. The number of hydrogen-bond acceptors (Lipinski definition) is 6. The highest BCUT2D eigenvalue weighted by atomic mass is 16.6. The van der Waals surface area contributed by atoms with Crippen LogP contribution < -0.4 is 0 Å². The minimum atomic E-state index is -0.404. The molecule has 8 heteroatoms. The quantitative estimate of drug-likeness (QED) is 0.611. The number of fused-ring (bicyclic) bond motifs is 3. The molecule has 2 aromatic carbocycles. The summed E-state index contributed by atoms with van der Waals surface area (Å²) in [6.45, 7) is 3.49. The van der Waals surface area contributed by atoms with Crippen molar-refractivity contribution in [3.05, 3.63) is 79.4 Å². The summed E-state index contributed by atoms with van der Waals surface area (Å²) in [7, 11) is 2.07. The lowest BCUT2D eigenvalue weighted by molar-refractivity contribution is -0.385. The molecule has 0 aliphatic carbocycles. The van der Waals surface area contributed by atoms with Crippen LogP contribution in [0, 0.1) is 20.2 Å². The zero-order valence-corrected chi connectivity index (χ0v) is 14.9. The predicted molar refractivity (Wildman–Crippen MR) is 99.8 cm³/mol. The van der Waals surface area contributed by atoms with E-state index in [2.05, 4.69) is 16.8 Å². The molecule has 0 amide bonds. The molecule has 2 aliphatic heterocycles. The lowest BCUT2D eigenvalue weighted by Crippen LogP contribution is -2.50. The van der Waals surface area contributed by atoms with Crippen molar-refractivity contribution in [1.82, 2.24) is 9.80 Å². The summed E-state index contributed by atoms with van der Waals surface area (Å²) in [6.07, 6.45) is 0. The Morgan fingerprint density at radius 3 is 2.22 bits per heavy atom. The van der Waals surface area contributed by atoms with Gasteiger partial charge in [-0.25, -0.2) is 0 Å². The molecule has 0 N–H and O–H groups in total. The molecular formula is C19H20N4O4. The van der Waals surface area contributed by atoms with Gasteiger partial charge in [-0.2, -0.15) is 0 Å². The van der Waals surface area contributed by atoms with E-state index in [4.69, 9.17) is 0 Å². The molecule has 0 bridgehead atoms. The van der Waals surface area contributed by atoms with Gasteiger partial charge in [-0.1, -0.05) is 18.2 Å². The Labute approximate surface area is 156 Å². The van der Waals surface area contributed by atoms with Gasteiger partial charge in [0.2, 0.25) is 0 Å². The number of non-ortho nitro benzene ring substituents is 2. The maximum Gasteiger partial charge on any atom is 0.269 e. The van der Waals surface area contributed by atoms with Gasteiger partial charge in [0.25, 0.3) is 11.4 Å². The molecule has 1 saturated heterocycles. The molecule has 0 spiro atoms. The molecule has 0 saturated carbocycles. The fraction of sp³-hybridized carbons (Fsp3) is 0.368. The lowest BCUT2D eigenvalue weighted by atomic mass is 9.80. The number of nitrogens with zero attached hydrogens (tertiary/aromatic N) is 4. The van der Waals surface area contributed by atoms with E-state index >= 15 is 0 Å². The van der Waals surface area contributed by atoms with Gasteiger partial charge in [0.1, 0.15) is 0 Å². The molecule has 8 nitrogen and oxygen atoms in total. The van der Waals surface area contributed by atoms with Gasteiger partial charge in [0.15, 0.2) is 0 Å². The van der Waals surface area contributed by atoms with Crippen LogP contribution in [0.5, 0.6) is 0 Å². The second kappa shape index (κ2) is 6.71. The molecule has 2 heterocycles. The third kappa shape index (κ3) is 3.17. The summed E-state index contributed by atoms with van der Waals surface area (Å²) in [5, 5.41) is 22.2. The fourth-order valence-electron chi connectivity index (χ4n) is 4.20. The van der Waals surface area contributed by atoms with Crippen molar-refractivity contribution in [3.8, 4) is 0 Å². The molecule has 2 aliphatic rings. The second-order valence-corrected chi connectivity index (χ2v) is 7.24. The maximum atomic E-state index is 11.3. The largest absolute Gasteiger partial charge is 0.303 e. The van der Waals surface area contributed by atoms with Crippen molar-refractivity contribution in [2.45, 2.75) is 12.0 Å². The standard InChI is InChI=1S/C19H20N4O4/c1-20-8-9-21-11-18(13-2-4-14(5-3-13)22(24)25)16-7-6-15(23(26)27)10-17(16)19(21)12-20/h2-7,10,18-19H,8-9,11-12H2,1H3/t18-,19+/m0/s1. The first kappa shape index (κ1) is 17.6. The topological polar surface area (TPSA) is 92.8 Å². The molecule has 2 aromatic rings. The van der Waals surface area contributed by atoms with Crippen LogP contribution in [0.15, 0.2) is 42.5 Å². The number of likely N-dealkylation sites (N-methyl/N-ethyl adjacent to an activating group) is 1. The van der Waals surface area contributed by atoms with Crippen molar-refractivity contribution in [3.63, 3.8) is 0 Å². The zero-order chi connectivity index (χ0) is 19.1. The van der Waals surface area contributed by atoms with E-state index in [-0.39, 0.29) is 28.3 Å². The van der Waals surface area contributed by atoms with E-state index in [1.807, 2.05) is 6.07 Å². The highest BCUT2D eigenvalue weighted by Gasteiger charge is 2.37. The summed E-state index contributed by atoms with van der Waals surface area (Å²) < 4.78 is 0. The van der Waals surface area contributed by atoms with Crippen LogP contribution in [-0.2, 0) is 0 Å². The normalized spacial score (nSPS) is 22.7. The second-order valence-electron chi connectivity index (χ2n) is 7.24. The van der Waals surface area contributed by atoms with Gasteiger partial charge >= 0.3 is 0 Å². The average Bonchev–Trinajstić information content (AvgIpc) is 2.67. The van der Waals surface area contributed by atoms with Crippen molar-refractivity contribution in [1.29, 1.82) is 0 Å². The van der Waals surface area contributed by atoms with E-state index in [9.17, 15) is 20.2 Å². The molecule has 140 valence electrons. The Balaban J connectivity index is 1.78. The number of hydrogen-bond donors (Lipinski definition) is 0. The maximum absolute atomic E-state index is 11.3. The molecule has 4 rings (SSSR count). The minimum Gasteiger partial charge on any atom is -0.303 e. The lowest BCUT2D eigenvalue weighted by Gasteiger charge is -2.46.